The first-order valence-corrected chi connectivity index (χ1v) is 11.7. The van der Waals surface area contributed by atoms with E-state index in [2.05, 4.69) is 57.0 Å². The Kier molecular flexibility index (Phi) is 5.57. The van der Waals surface area contributed by atoms with Crippen LogP contribution < -0.4 is 15.7 Å². The zero-order valence-corrected chi connectivity index (χ0v) is 20.8. The Morgan fingerprint density at radius 1 is 1.09 bits per heavy atom. The molecule has 0 radical (unpaired) electrons. The minimum Gasteiger partial charge on any atom is -0.444 e. The Labute approximate surface area is 192 Å². The molecule has 3 fully saturated rings. The van der Waals surface area contributed by atoms with E-state index in [-0.39, 0.29) is 30.0 Å². The second kappa shape index (κ2) is 7.62. The van der Waals surface area contributed by atoms with Gasteiger partial charge in [-0.25, -0.2) is 9.78 Å². The number of nitrogens with one attached hydrogen (secondary N) is 1. The number of alkyl carbamates (subject to hydrolysis) is 1. The highest BCUT2D eigenvalue weighted by Gasteiger charge is 2.52. The summed E-state index contributed by atoms with van der Waals surface area (Å²) in [6, 6.07) is 4.13. The summed E-state index contributed by atoms with van der Waals surface area (Å²) in [5.41, 5.74) is -0.465. The quantitative estimate of drug-likeness (QED) is 0.721. The summed E-state index contributed by atoms with van der Waals surface area (Å²) in [5.74, 6) is 2.07. The molecule has 8 heteroatoms. The maximum Gasteiger partial charge on any atom is 0.496 e. The first-order chi connectivity index (χ1) is 14.7. The van der Waals surface area contributed by atoms with Gasteiger partial charge in [0, 0.05) is 30.3 Å². The molecule has 4 rings (SSSR count). The number of hydrogen-bond acceptors (Lipinski definition) is 6. The van der Waals surface area contributed by atoms with E-state index < -0.39 is 5.60 Å². The minimum absolute atomic E-state index is 0.211. The average molecular weight is 443 g/mol. The van der Waals surface area contributed by atoms with Gasteiger partial charge in [-0.1, -0.05) is 6.07 Å². The molecule has 7 nitrogen and oxygen atoms in total. The summed E-state index contributed by atoms with van der Waals surface area (Å²) < 4.78 is 17.7. The van der Waals surface area contributed by atoms with E-state index in [9.17, 15) is 4.79 Å². The molecule has 1 aliphatic carbocycles. The smallest absolute Gasteiger partial charge is 0.444 e. The largest absolute Gasteiger partial charge is 0.496 e. The van der Waals surface area contributed by atoms with Crippen molar-refractivity contribution in [2.24, 2.45) is 11.8 Å². The number of carbonyl (C=O) groups excluding carboxylic acids is 1. The van der Waals surface area contributed by atoms with Crippen LogP contribution in [0.3, 0.4) is 0 Å². The summed E-state index contributed by atoms with van der Waals surface area (Å²) >= 11 is 0. The SMILES string of the molecule is CC1(NC(=O)OC(C)(C)C)CC2CN(c3ccc(B4OC(C)(C)C(C)(C)O4)cn3)CC2C1. The fourth-order valence-corrected chi connectivity index (χ4v) is 5.18. The van der Waals surface area contributed by atoms with Gasteiger partial charge >= 0.3 is 13.2 Å². The molecule has 1 aromatic rings. The van der Waals surface area contributed by atoms with Crippen molar-refractivity contribution in [3.8, 4) is 0 Å². The molecule has 1 saturated carbocycles. The Bertz CT molecular complexity index is 835. The van der Waals surface area contributed by atoms with Crippen molar-refractivity contribution >= 4 is 24.5 Å². The number of carbonyl (C=O) groups is 1. The third-order valence-electron chi connectivity index (χ3n) is 7.42. The van der Waals surface area contributed by atoms with E-state index in [0.717, 1.165) is 37.2 Å². The summed E-state index contributed by atoms with van der Waals surface area (Å²) in [4.78, 5) is 19.4. The standard InChI is InChI=1S/C24H38BN3O4/c1-21(2,3)30-20(29)27-24(8)11-16-14-28(15-17(16)12-24)19-10-9-18(13-26-19)25-31-22(4,5)23(6,7)32-25/h9-10,13,16-17H,11-12,14-15H2,1-8H3,(H,27,29). The van der Waals surface area contributed by atoms with E-state index in [1.54, 1.807) is 0 Å². The van der Waals surface area contributed by atoms with Crippen molar-refractivity contribution < 1.29 is 18.8 Å². The second-order valence-corrected chi connectivity index (χ2v) is 12.1. The van der Waals surface area contributed by atoms with Gasteiger partial charge in [-0.3, -0.25) is 0 Å². The summed E-state index contributed by atoms with van der Waals surface area (Å²) in [6.07, 6.45) is 3.47. The monoisotopic (exact) mass is 443 g/mol. The molecular formula is C24H38BN3O4. The lowest BCUT2D eigenvalue weighted by Gasteiger charge is -2.32. The van der Waals surface area contributed by atoms with Crippen LogP contribution in [0.1, 0.15) is 68.2 Å². The Morgan fingerprint density at radius 2 is 1.66 bits per heavy atom. The fourth-order valence-electron chi connectivity index (χ4n) is 5.18. The molecule has 32 heavy (non-hydrogen) atoms. The van der Waals surface area contributed by atoms with Crippen LogP contribution in [-0.2, 0) is 14.0 Å². The molecule has 0 aromatic carbocycles. The molecule has 2 atom stereocenters. The summed E-state index contributed by atoms with van der Waals surface area (Å²) in [6.45, 7) is 18.0. The molecule has 2 aliphatic heterocycles. The number of rotatable bonds is 3. The number of aromatic nitrogens is 1. The zero-order valence-electron chi connectivity index (χ0n) is 20.8. The predicted molar refractivity (Wildman–Crippen MR) is 126 cm³/mol. The van der Waals surface area contributed by atoms with Crippen LogP contribution in [0.4, 0.5) is 10.6 Å². The van der Waals surface area contributed by atoms with Gasteiger partial charge in [0.1, 0.15) is 11.4 Å². The molecule has 3 aliphatic rings. The second-order valence-electron chi connectivity index (χ2n) is 12.1. The third kappa shape index (κ3) is 4.62. The van der Waals surface area contributed by atoms with E-state index in [1.165, 1.54) is 0 Å². The van der Waals surface area contributed by atoms with Crippen LogP contribution in [0.25, 0.3) is 0 Å². The maximum atomic E-state index is 12.3. The van der Waals surface area contributed by atoms with E-state index >= 15 is 0 Å². The van der Waals surface area contributed by atoms with Crippen LogP contribution in [-0.4, -0.2) is 53.6 Å². The van der Waals surface area contributed by atoms with Gasteiger partial charge in [0.2, 0.25) is 0 Å². The Hall–Kier alpha value is -1.80. The average Bonchev–Trinajstić information content (AvgIpc) is 3.20. The van der Waals surface area contributed by atoms with Gasteiger partial charge < -0.3 is 24.3 Å². The van der Waals surface area contributed by atoms with Gasteiger partial charge in [0.15, 0.2) is 0 Å². The number of hydrogen-bond donors (Lipinski definition) is 1. The molecule has 1 amide bonds. The van der Waals surface area contributed by atoms with Crippen molar-refractivity contribution in [3.05, 3.63) is 18.3 Å². The highest BCUT2D eigenvalue weighted by Crippen LogP contribution is 2.44. The van der Waals surface area contributed by atoms with E-state index in [1.807, 2.05) is 27.0 Å². The first kappa shape index (κ1) is 23.4. The lowest BCUT2D eigenvalue weighted by molar-refractivity contribution is 0.00578. The third-order valence-corrected chi connectivity index (χ3v) is 7.42. The molecule has 2 unspecified atom stereocenters. The number of anilines is 1. The van der Waals surface area contributed by atoms with Crippen molar-refractivity contribution in [2.75, 3.05) is 18.0 Å². The van der Waals surface area contributed by atoms with Crippen molar-refractivity contribution in [2.45, 2.75) is 90.6 Å². The zero-order chi connectivity index (χ0) is 23.5. The lowest BCUT2D eigenvalue weighted by Crippen LogP contribution is -2.47. The minimum atomic E-state index is -0.483. The molecule has 3 heterocycles. The van der Waals surface area contributed by atoms with Crippen LogP contribution in [0, 0.1) is 11.8 Å². The van der Waals surface area contributed by atoms with Crippen molar-refractivity contribution in [3.63, 3.8) is 0 Å². The molecule has 0 spiro atoms. The number of nitrogens with zero attached hydrogens (tertiary/aromatic N) is 2. The highest BCUT2D eigenvalue weighted by molar-refractivity contribution is 6.62. The maximum absolute atomic E-state index is 12.3. The van der Waals surface area contributed by atoms with Gasteiger partial charge in [0.25, 0.3) is 0 Å². The van der Waals surface area contributed by atoms with Gasteiger partial charge in [-0.05, 0) is 86.1 Å². The molecule has 2 saturated heterocycles. The summed E-state index contributed by atoms with van der Waals surface area (Å²) in [7, 11) is -0.390. The van der Waals surface area contributed by atoms with Crippen molar-refractivity contribution in [1.29, 1.82) is 0 Å². The van der Waals surface area contributed by atoms with E-state index in [4.69, 9.17) is 19.0 Å². The molecular weight excluding hydrogens is 405 g/mol. The normalized spacial score (nSPS) is 31.0. The Balaban J connectivity index is 1.34. The van der Waals surface area contributed by atoms with Gasteiger partial charge in [-0.15, -0.1) is 0 Å². The highest BCUT2D eigenvalue weighted by atomic mass is 16.7. The van der Waals surface area contributed by atoms with Gasteiger partial charge in [0.05, 0.1) is 11.2 Å². The number of fused-ring (bicyclic) bond motifs is 1. The van der Waals surface area contributed by atoms with Crippen LogP contribution >= 0.6 is 0 Å². The number of pyridine rings is 1. The molecule has 176 valence electrons. The van der Waals surface area contributed by atoms with Crippen LogP contribution in [0.2, 0.25) is 0 Å². The number of amides is 1. The fraction of sp³-hybridized carbons (Fsp3) is 0.750. The Morgan fingerprint density at radius 3 is 2.12 bits per heavy atom. The molecule has 1 N–H and O–H groups in total. The molecule has 1 aromatic heterocycles. The first-order valence-electron chi connectivity index (χ1n) is 11.7. The van der Waals surface area contributed by atoms with Crippen LogP contribution in [0.15, 0.2) is 18.3 Å². The van der Waals surface area contributed by atoms with Gasteiger partial charge in [-0.2, -0.15) is 0 Å². The number of ether oxygens (including phenoxy) is 1. The topological polar surface area (TPSA) is 72.9 Å². The molecule has 0 bridgehead atoms. The van der Waals surface area contributed by atoms with E-state index in [0.29, 0.717) is 11.8 Å². The lowest BCUT2D eigenvalue weighted by atomic mass is 9.80. The summed E-state index contributed by atoms with van der Waals surface area (Å²) in [5, 5.41) is 3.12. The predicted octanol–water partition coefficient (Wildman–Crippen LogP) is 3.51. The van der Waals surface area contributed by atoms with Crippen molar-refractivity contribution in [1.82, 2.24) is 10.3 Å². The van der Waals surface area contributed by atoms with Crippen LogP contribution in [0.5, 0.6) is 0 Å².